The van der Waals surface area contributed by atoms with Gasteiger partial charge in [-0.1, -0.05) is 30.7 Å². The summed E-state index contributed by atoms with van der Waals surface area (Å²) in [5, 5.41) is 3.91. The number of anilines is 1. The Kier molecular flexibility index (Phi) is 6.47. The van der Waals surface area contributed by atoms with Crippen LogP contribution in [0, 0.1) is 0 Å². The van der Waals surface area contributed by atoms with Crippen LogP contribution in [0.5, 0.6) is 0 Å². The van der Waals surface area contributed by atoms with Gasteiger partial charge in [0.15, 0.2) is 0 Å². The van der Waals surface area contributed by atoms with Crippen molar-refractivity contribution in [3.8, 4) is 0 Å². The molecule has 1 heterocycles. The molecule has 0 amide bonds. The van der Waals surface area contributed by atoms with Gasteiger partial charge >= 0.3 is 0 Å². The monoisotopic (exact) mass is 265 g/mol. The minimum Gasteiger partial charge on any atom is -0.348 e. The molecule has 1 rings (SSSR count). The molecule has 1 aromatic heterocycles. The molecule has 0 saturated heterocycles. The van der Waals surface area contributed by atoms with Gasteiger partial charge in [-0.25, -0.2) is 4.98 Å². The smallest absolute Gasteiger partial charge is 0.147 e. The van der Waals surface area contributed by atoms with Crippen LogP contribution in [0.2, 0.25) is 5.02 Å². The van der Waals surface area contributed by atoms with Gasteiger partial charge in [0.1, 0.15) is 5.82 Å². The van der Waals surface area contributed by atoms with Crippen molar-refractivity contribution in [2.75, 3.05) is 24.5 Å². The lowest BCUT2D eigenvalue weighted by atomic mass is 10.2. The molecule has 0 spiro atoms. The molecule has 98 valence electrons. The fourth-order valence-electron chi connectivity index (χ4n) is 1.63. The van der Waals surface area contributed by atoms with E-state index in [0.717, 1.165) is 24.5 Å². The van der Waals surface area contributed by atoms with Gasteiger partial charge in [0.25, 0.3) is 0 Å². The van der Waals surface area contributed by atoms with Crippen molar-refractivity contribution in [2.45, 2.75) is 13.5 Å². The SMILES string of the molecule is C=CCN(CC=C)c1ncc(CNCC)cc1Cl. The summed E-state index contributed by atoms with van der Waals surface area (Å²) in [6, 6.07) is 1.95. The molecule has 0 aliphatic heterocycles. The number of aromatic nitrogens is 1. The van der Waals surface area contributed by atoms with Crippen LogP contribution in [0.25, 0.3) is 0 Å². The maximum absolute atomic E-state index is 6.27. The van der Waals surface area contributed by atoms with Crippen LogP contribution in [0.1, 0.15) is 12.5 Å². The van der Waals surface area contributed by atoms with E-state index >= 15 is 0 Å². The first kappa shape index (κ1) is 14.7. The van der Waals surface area contributed by atoms with Gasteiger partial charge < -0.3 is 10.2 Å². The molecule has 0 unspecified atom stereocenters. The topological polar surface area (TPSA) is 28.2 Å². The number of pyridine rings is 1. The molecule has 1 aromatic rings. The fourth-order valence-corrected chi connectivity index (χ4v) is 1.94. The lowest BCUT2D eigenvalue weighted by Crippen LogP contribution is -2.24. The van der Waals surface area contributed by atoms with E-state index in [9.17, 15) is 0 Å². The Morgan fingerprint density at radius 2 is 2.06 bits per heavy atom. The molecule has 0 bridgehead atoms. The summed E-state index contributed by atoms with van der Waals surface area (Å²) < 4.78 is 0. The summed E-state index contributed by atoms with van der Waals surface area (Å²) >= 11 is 6.27. The van der Waals surface area contributed by atoms with Crippen molar-refractivity contribution in [1.29, 1.82) is 0 Å². The minimum atomic E-state index is 0.661. The molecular formula is C14H20ClN3. The quantitative estimate of drug-likeness (QED) is 0.733. The molecule has 3 nitrogen and oxygen atoms in total. The van der Waals surface area contributed by atoms with Crippen LogP contribution in [-0.2, 0) is 6.54 Å². The third-order valence-electron chi connectivity index (χ3n) is 2.46. The highest BCUT2D eigenvalue weighted by Gasteiger charge is 2.10. The predicted molar refractivity (Wildman–Crippen MR) is 79.2 cm³/mol. The average molecular weight is 266 g/mol. The molecule has 1 N–H and O–H groups in total. The molecule has 18 heavy (non-hydrogen) atoms. The van der Waals surface area contributed by atoms with Crippen molar-refractivity contribution in [3.63, 3.8) is 0 Å². The Labute approximate surface area is 114 Å². The number of nitrogens with one attached hydrogen (secondary N) is 1. The lowest BCUT2D eigenvalue weighted by molar-refractivity contribution is 0.724. The van der Waals surface area contributed by atoms with E-state index in [0.29, 0.717) is 18.1 Å². The molecule has 4 heteroatoms. The first-order valence-electron chi connectivity index (χ1n) is 6.04. The largest absolute Gasteiger partial charge is 0.348 e. The summed E-state index contributed by atoms with van der Waals surface area (Å²) in [7, 11) is 0. The average Bonchev–Trinajstić information content (AvgIpc) is 2.36. The van der Waals surface area contributed by atoms with Gasteiger partial charge in [0, 0.05) is 25.8 Å². The number of halogens is 1. The maximum atomic E-state index is 6.27. The normalized spacial score (nSPS) is 10.1. The van der Waals surface area contributed by atoms with Crippen LogP contribution < -0.4 is 10.2 Å². The summed E-state index contributed by atoms with van der Waals surface area (Å²) in [6.07, 6.45) is 5.51. The van der Waals surface area contributed by atoms with Gasteiger partial charge in [-0.3, -0.25) is 0 Å². The van der Waals surface area contributed by atoms with Gasteiger partial charge in [0.05, 0.1) is 5.02 Å². The van der Waals surface area contributed by atoms with Crippen LogP contribution in [0.3, 0.4) is 0 Å². The highest BCUT2D eigenvalue weighted by Crippen LogP contribution is 2.24. The Morgan fingerprint density at radius 1 is 1.39 bits per heavy atom. The number of nitrogens with zero attached hydrogens (tertiary/aromatic N) is 2. The van der Waals surface area contributed by atoms with E-state index in [1.165, 1.54) is 0 Å². The van der Waals surface area contributed by atoms with Crippen molar-refractivity contribution < 1.29 is 0 Å². The highest BCUT2D eigenvalue weighted by molar-refractivity contribution is 6.33. The van der Waals surface area contributed by atoms with Gasteiger partial charge in [-0.2, -0.15) is 0 Å². The second kappa shape index (κ2) is 7.90. The van der Waals surface area contributed by atoms with Crippen molar-refractivity contribution >= 4 is 17.4 Å². The predicted octanol–water partition coefficient (Wildman–Crippen LogP) is 3.02. The summed E-state index contributed by atoms with van der Waals surface area (Å²) in [4.78, 5) is 6.45. The van der Waals surface area contributed by atoms with E-state index in [1.54, 1.807) is 0 Å². The van der Waals surface area contributed by atoms with Gasteiger partial charge in [-0.15, -0.1) is 13.2 Å². The van der Waals surface area contributed by atoms with E-state index < -0.39 is 0 Å². The Morgan fingerprint density at radius 3 is 2.56 bits per heavy atom. The zero-order valence-electron chi connectivity index (χ0n) is 10.8. The fraction of sp³-hybridized carbons (Fsp3) is 0.357. The minimum absolute atomic E-state index is 0.661. The molecule has 0 aromatic carbocycles. The Bertz CT molecular complexity index is 394. The Balaban J connectivity index is 2.87. The maximum Gasteiger partial charge on any atom is 0.147 e. The third-order valence-corrected chi connectivity index (χ3v) is 2.73. The number of rotatable bonds is 8. The van der Waals surface area contributed by atoms with E-state index in [1.807, 2.05) is 29.3 Å². The van der Waals surface area contributed by atoms with E-state index in [4.69, 9.17) is 11.6 Å². The molecular weight excluding hydrogens is 246 g/mol. The van der Waals surface area contributed by atoms with Crippen LogP contribution >= 0.6 is 11.6 Å². The standard InChI is InChI=1S/C14H20ClN3/c1-4-7-18(8-5-2)14-13(15)9-12(11-17-14)10-16-6-3/h4-5,9,11,16H,1-2,6-8,10H2,3H3. The van der Waals surface area contributed by atoms with Crippen molar-refractivity contribution in [1.82, 2.24) is 10.3 Å². The molecule has 0 fully saturated rings. The van der Waals surface area contributed by atoms with Gasteiger partial charge in [-0.05, 0) is 18.2 Å². The zero-order valence-corrected chi connectivity index (χ0v) is 11.6. The molecule has 0 aliphatic carbocycles. The highest BCUT2D eigenvalue weighted by atomic mass is 35.5. The number of hydrogen-bond donors (Lipinski definition) is 1. The first-order valence-corrected chi connectivity index (χ1v) is 6.42. The summed E-state index contributed by atoms with van der Waals surface area (Å²) in [6.45, 7) is 12.7. The summed E-state index contributed by atoms with van der Waals surface area (Å²) in [5.74, 6) is 0.775. The number of hydrogen-bond acceptors (Lipinski definition) is 3. The van der Waals surface area contributed by atoms with E-state index in [2.05, 4.69) is 30.4 Å². The first-order chi connectivity index (χ1) is 8.72. The molecule has 0 radical (unpaired) electrons. The molecule has 0 saturated carbocycles. The zero-order chi connectivity index (χ0) is 13.4. The van der Waals surface area contributed by atoms with Crippen LogP contribution in [0.4, 0.5) is 5.82 Å². The third kappa shape index (κ3) is 4.17. The van der Waals surface area contributed by atoms with Crippen molar-refractivity contribution in [3.05, 3.63) is 48.2 Å². The molecule has 0 aliphatic rings. The second-order valence-electron chi connectivity index (χ2n) is 3.91. The lowest BCUT2D eigenvalue weighted by Gasteiger charge is -2.21. The Hall–Kier alpha value is -1.32. The van der Waals surface area contributed by atoms with E-state index in [-0.39, 0.29) is 0 Å². The van der Waals surface area contributed by atoms with Crippen molar-refractivity contribution in [2.24, 2.45) is 0 Å². The summed E-state index contributed by atoms with van der Waals surface area (Å²) in [5.41, 5.74) is 1.09. The second-order valence-corrected chi connectivity index (χ2v) is 4.32. The van der Waals surface area contributed by atoms with Crippen LogP contribution in [-0.4, -0.2) is 24.6 Å². The van der Waals surface area contributed by atoms with Crippen LogP contribution in [0.15, 0.2) is 37.6 Å². The molecule has 0 atom stereocenters. The van der Waals surface area contributed by atoms with Gasteiger partial charge in [0.2, 0.25) is 0 Å².